The maximum absolute atomic E-state index is 12.8. The van der Waals surface area contributed by atoms with Gasteiger partial charge in [-0.25, -0.2) is 0 Å². The number of hydrogen-bond acceptors (Lipinski definition) is 6. The number of rotatable bonds is 8. The molecular weight excluding hydrogens is 450 g/mol. The highest BCUT2D eigenvalue weighted by Gasteiger charge is 2.18. The molecule has 0 unspecified atom stereocenters. The van der Waals surface area contributed by atoms with Crippen molar-refractivity contribution >= 4 is 29.0 Å². The molecule has 0 saturated heterocycles. The van der Waals surface area contributed by atoms with Gasteiger partial charge in [0.05, 0.1) is 10.7 Å². The van der Waals surface area contributed by atoms with Gasteiger partial charge in [0.15, 0.2) is 11.0 Å². The first-order chi connectivity index (χ1) is 16.5. The van der Waals surface area contributed by atoms with Crippen LogP contribution in [0.15, 0.2) is 78.0 Å². The Labute approximate surface area is 201 Å². The maximum Gasteiger partial charge on any atom is 0.269 e. The monoisotopic (exact) mass is 473 g/mol. The average molecular weight is 474 g/mol. The summed E-state index contributed by atoms with van der Waals surface area (Å²) in [6.07, 6.45) is 0.825. The van der Waals surface area contributed by atoms with Crippen LogP contribution in [0.1, 0.15) is 18.1 Å². The number of nitro groups is 1. The van der Waals surface area contributed by atoms with Crippen molar-refractivity contribution in [3.8, 4) is 17.1 Å². The molecule has 9 heteroatoms. The Morgan fingerprint density at radius 3 is 2.44 bits per heavy atom. The third-order valence-electron chi connectivity index (χ3n) is 5.32. The fourth-order valence-corrected chi connectivity index (χ4v) is 4.35. The molecule has 0 atom stereocenters. The summed E-state index contributed by atoms with van der Waals surface area (Å²) in [6.45, 7) is 4.03. The van der Waals surface area contributed by atoms with Gasteiger partial charge in [-0.2, -0.15) is 0 Å². The van der Waals surface area contributed by atoms with E-state index in [4.69, 9.17) is 0 Å². The summed E-state index contributed by atoms with van der Waals surface area (Å²) in [6, 6.07) is 21.7. The summed E-state index contributed by atoms with van der Waals surface area (Å²) in [7, 11) is 0. The summed E-state index contributed by atoms with van der Waals surface area (Å²) in [4.78, 5) is 23.4. The van der Waals surface area contributed by atoms with Crippen LogP contribution in [0, 0.1) is 17.0 Å². The SMILES string of the molecule is CCc1cccc(C)c1NC(=O)CSc1nnc(-c2ccc([N+](=O)[O-])cc2)n1-c1ccccc1. The van der Waals surface area contributed by atoms with Crippen molar-refractivity contribution in [2.75, 3.05) is 11.1 Å². The quantitative estimate of drug-likeness (QED) is 0.208. The number of carbonyl (C=O) groups excluding carboxylic acids is 1. The first-order valence-electron chi connectivity index (χ1n) is 10.7. The highest BCUT2D eigenvalue weighted by Crippen LogP contribution is 2.29. The number of nitrogens with zero attached hydrogens (tertiary/aromatic N) is 4. The minimum atomic E-state index is -0.440. The maximum atomic E-state index is 12.8. The van der Waals surface area contributed by atoms with Crippen molar-refractivity contribution in [1.82, 2.24) is 14.8 Å². The van der Waals surface area contributed by atoms with Gasteiger partial charge >= 0.3 is 0 Å². The summed E-state index contributed by atoms with van der Waals surface area (Å²) in [5.74, 6) is 0.563. The largest absolute Gasteiger partial charge is 0.325 e. The van der Waals surface area contributed by atoms with Gasteiger partial charge in [0, 0.05) is 29.1 Å². The Hall–Kier alpha value is -3.98. The standard InChI is InChI=1S/C25H23N5O3S/c1-3-18-9-7-8-17(2)23(18)26-22(31)16-34-25-28-27-24(29(25)20-10-5-4-6-11-20)19-12-14-21(15-13-19)30(32)33/h4-15H,3,16H2,1-2H3,(H,26,31). The molecule has 0 radical (unpaired) electrons. The van der Waals surface area contributed by atoms with Crippen molar-refractivity contribution in [3.63, 3.8) is 0 Å². The van der Waals surface area contributed by atoms with Crippen LogP contribution < -0.4 is 5.32 Å². The van der Waals surface area contributed by atoms with Gasteiger partial charge in [0.25, 0.3) is 5.69 Å². The van der Waals surface area contributed by atoms with Crippen LogP contribution in [-0.4, -0.2) is 31.3 Å². The fourth-order valence-electron chi connectivity index (χ4n) is 3.60. The molecule has 4 rings (SSSR count). The number of amides is 1. The van der Waals surface area contributed by atoms with Crippen LogP contribution in [0.5, 0.6) is 0 Å². The molecule has 0 saturated carbocycles. The van der Waals surface area contributed by atoms with Gasteiger partial charge in [-0.05, 0) is 48.7 Å². The molecule has 1 N–H and O–H groups in total. The summed E-state index contributed by atoms with van der Waals surface area (Å²) >= 11 is 1.28. The number of para-hydroxylation sites is 2. The minimum absolute atomic E-state index is 0.00319. The summed E-state index contributed by atoms with van der Waals surface area (Å²) in [5, 5.41) is 23.2. The van der Waals surface area contributed by atoms with Gasteiger partial charge in [-0.1, -0.05) is 55.1 Å². The van der Waals surface area contributed by atoms with Crippen molar-refractivity contribution in [1.29, 1.82) is 0 Å². The molecular formula is C25H23N5O3S. The molecule has 172 valence electrons. The zero-order chi connectivity index (χ0) is 24.1. The number of non-ortho nitro benzene ring substituents is 1. The Morgan fingerprint density at radius 1 is 1.03 bits per heavy atom. The van der Waals surface area contributed by atoms with Gasteiger partial charge in [-0.15, -0.1) is 10.2 Å². The molecule has 34 heavy (non-hydrogen) atoms. The lowest BCUT2D eigenvalue weighted by Gasteiger charge is -2.13. The van der Waals surface area contributed by atoms with E-state index < -0.39 is 4.92 Å². The molecule has 1 amide bonds. The van der Waals surface area contributed by atoms with Gasteiger partial charge in [-0.3, -0.25) is 19.5 Å². The van der Waals surface area contributed by atoms with E-state index in [0.717, 1.165) is 28.9 Å². The zero-order valence-corrected chi connectivity index (χ0v) is 19.6. The lowest BCUT2D eigenvalue weighted by molar-refractivity contribution is -0.384. The van der Waals surface area contributed by atoms with Crippen LogP contribution in [0.25, 0.3) is 17.1 Å². The highest BCUT2D eigenvalue weighted by molar-refractivity contribution is 7.99. The zero-order valence-electron chi connectivity index (χ0n) is 18.8. The molecule has 0 spiro atoms. The first kappa shape index (κ1) is 23.2. The molecule has 0 bridgehead atoms. The van der Waals surface area contributed by atoms with Gasteiger partial charge in [0.1, 0.15) is 0 Å². The van der Waals surface area contributed by atoms with E-state index in [9.17, 15) is 14.9 Å². The second-order valence-electron chi connectivity index (χ2n) is 7.58. The number of thioether (sulfide) groups is 1. The molecule has 0 aliphatic carbocycles. The number of hydrogen-bond donors (Lipinski definition) is 1. The third-order valence-corrected chi connectivity index (χ3v) is 6.25. The highest BCUT2D eigenvalue weighted by atomic mass is 32.2. The van der Waals surface area contributed by atoms with Crippen molar-refractivity contribution < 1.29 is 9.72 Å². The van der Waals surface area contributed by atoms with Crippen LogP contribution in [0.3, 0.4) is 0 Å². The molecule has 0 fully saturated rings. The predicted molar refractivity (Wildman–Crippen MR) is 133 cm³/mol. The molecule has 1 heterocycles. The average Bonchev–Trinajstić information content (AvgIpc) is 3.28. The summed E-state index contributed by atoms with van der Waals surface area (Å²) < 4.78 is 1.85. The van der Waals surface area contributed by atoms with E-state index in [0.29, 0.717) is 16.5 Å². The smallest absolute Gasteiger partial charge is 0.269 e. The van der Waals surface area contributed by atoms with Crippen LogP contribution in [0.2, 0.25) is 0 Å². The molecule has 1 aromatic heterocycles. The van der Waals surface area contributed by atoms with Crippen LogP contribution in [-0.2, 0) is 11.2 Å². The van der Waals surface area contributed by atoms with E-state index in [-0.39, 0.29) is 17.3 Å². The van der Waals surface area contributed by atoms with Gasteiger partial charge < -0.3 is 5.32 Å². The topological polar surface area (TPSA) is 103 Å². The van der Waals surface area contributed by atoms with Gasteiger partial charge in [0.2, 0.25) is 5.91 Å². The number of aromatic nitrogens is 3. The Balaban J connectivity index is 1.60. The molecule has 8 nitrogen and oxygen atoms in total. The number of anilines is 1. The number of benzene rings is 3. The molecule has 4 aromatic rings. The van der Waals surface area contributed by atoms with Crippen LogP contribution >= 0.6 is 11.8 Å². The van der Waals surface area contributed by atoms with E-state index in [2.05, 4.69) is 22.4 Å². The summed E-state index contributed by atoms with van der Waals surface area (Å²) in [5.41, 5.74) is 4.48. The second-order valence-corrected chi connectivity index (χ2v) is 8.52. The third kappa shape index (κ3) is 4.99. The van der Waals surface area contributed by atoms with Crippen LogP contribution in [0.4, 0.5) is 11.4 Å². The fraction of sp³-hybridized carbons (Fsp3) is 0.160. The van der Waals surface area contributed by atoms with E-state index in [1.165, 1.54) is 23.9 Å². The van der Waals surface area contributed by atoms with Crippen molar-refractivity contribution in [2.45, 2.75) is 25.4 Å². The lowest BCUT2D eigenvalue weighted by Crippen LogP contribution is -2.16. The lowest BCUT2D eigenvalue weighted by atomic mass is 10.1. The normalized spacial score (nSPS) is 10.8. The van der Waals surface area contributed by atoms with E-state index in [1.807, 2.05) is 60.0 Å². The molecule has 0 aliphatic heterocycles. The predicted octanol–water partition coefficient (Wildman–Crippen LogP) is 5.44. The Morgan fingerprint density at radius 2 is 1.76 bits per heavy atom. The first-order valence-corrected chi connectivity index (χ1v) is 11.7. The number of aryl methyl sites for hydroxylation is 2. The Bertz CT molecular complexity index is 1320. The van der Waals surface area contributed by atoms with E-state index in [1.54, 1.807) is 12.1 Å². The number of carbonyl (C=O) groups is 1. The van der Waals surface area contributed by atoms with E-state index >= 15 is 0 Å². The molecule has 3 aromatic carbocycles. The molecule has 0 aliphatic rings. The Kier molecular flexibility index (Phi) is 7.03. The number of nitrogens with one attached hydrogen (secondary N) is 1. The van der Waals surface area contributed by atoms with Crippen molar-refractivity contribution in [3.05, 3.63) is 94.0 Å². The number of nitro benzene ring substituents is 1. The van der Waals surface area contributed by atoms with Crippen molar-refractivity contribution in [2.24, 2.45) is 0 Å². The minimum Gasteiger partial charge on any atom is -0.325 e. The second kappa shape index (κ2) is 10.3.